The number of esters is 2. The molecule has 0 aliphatic heterocycles. The van der Waals surface area contributed by atoms with E-state index in [-0.39, 0.29) is 25.6 Å². The molecule has 0 aromatic carbocycles. The van der Waals surface area contributed by atoms with Crippen LogP contribution in [0.5, 0.6) is 0 Å². The Morgan fingerprint density at radius 1 is 0.950 bits per heavy atom. The van der Waals surface area contributed by atoms with Crippen LogP contribution in [0.1, 0.15) is 20.3 Å². The van der Waals surface area contributed by atoms with Crippen LogP contribution in [0, 0.1) is 0 Å². The maximum Gasteiger partial charge on any atom is 0.334 e. The second kappa shape index (κ2) is 13.6. The monoisotopic (exact) mass is 315 g/mol. The quantitative estimate of drug-likeness (QED) is 0.431. The number of nitrogens with two attached hydrogens (primary N) is 1. The molecule has 0 aromatic heterocycles. The van der Waals surface area contributed by atoms with E-state index in [0.717, 1.165) is 0 Å². The third kappa shape index (κ3) is 14.2. The van der Waals surface area contributed by atoms with Gasteiger partial charge < -0.3 is 25.4 Å². The number of carboxylic acids is 2. The SMILES string of the molecule is CCOC(=O)C(N)C(=O)OCC.Cl.O=C(O)CC(=O)O. The van der Waals surface area contributed by atoms with Crippen molar-refractivity contribution in [3.05, 3.63) is 0 Å². The molecule has 0 fully saturated rings. The molecule has 0 bridgehead atoms. The van der Waals surface area contributed by atoms with Crippen LogP contribution >= 0.6 is 12.4 Å². The molecular weight excluding hydrogens is 298 g/mol. The summed E-state index contributed by atoms with van der Waals surface area (Å²) in [4.78, 5) is 40.5. The maximum absolute atomic E-state index is 10.8. The van der Waals surface area contributed by atoms with Crippen LogP contribution in [0.3, 0.4) is 0 Å². The zero-order valence-corrected chi connectivity index (χ0v) is 11.8. The summed E-state index contributed by atoms with van der Waals surface area (Å²) in [6.07, 6.45) is -0.806. The Labute approximate surface area is 121 Å². The Bertz CT molecular complexity index is 303. The van der Waals surface area contributed by atoms with E-state index in [1.807, 2.05) is 0 Å². The lowest BCUT2D eigenvalue weighted by Gasteiger charge is -2.08. The number of rotatable bonds is 6. The molecule has 118 valence electrons. The smallest absolute Gasteiger partial charge is 0.334 e. The van der Waals surface area contributed by atoms with Crippen molar-refractivity contribution in [2.24, 2.45) is 5.73 Å². The second-order valence-electron chi connectivity index (χ2n) is 2.95. The van der Waals surface area contributed by atoms with Gasteiger partial charge in [0.1, 0.15) is 6.42 Å². The highest BCUT2D eigenvalue weighted by atomic mass is 35.5. The largest absolute Gasteiger partial charge is 0.481 e. The van der Waals surface area contributed by atoms with Crippen molar-refractivity contribution in [2.45, 2.75) is 26.3 Å². The van der Waals surface area contributed by atoms with Gasteiger partial charge in [0.05, 0.1) is 13.2 Å². The Hall–Kier alpha value is -1.87. The van der Waals surface area contributed by atoms with Crippen LogP contribution in [-0.2, 0) is 28.7 Å². The molecule has 0 rings (SSSR count). The van der Waals surface area contributed by atoms with E-state index in [1.165, 1.54) is 0 Å². The van der Waals surface area contributed by atoms with Crippen LogP contribution in [0.15, 0.2) is 0 Å². The zero-order chi connectivity index (χ0) is 15.4. The van der Waals surface area contributed by atoms with Gasteiger partial charge in [-0.15, -0.1) is 12.4 Å². The van der Waals surface area contributed by atoms with Crippen LogP contribution in [-0.4, -0.2) is 53.3 Å². The van der Waals surface area contributed by atoms with E-state index >= 15 is 0 Å². The number of hydrogen-bond acceptors (Lipinski definition) is 7. The second-order valence-corrected chi connectivity index (χ2v) is 2.95. The van der Waals surface area contributed by atoms with Crippen molar-refractivity contribution in [3.63, 3.8) is 0 Å². The number of ether oxygens (including phenoxy) is 2. The van der Waals surface area contributed by atoms with Gasteiger partial charge in [0.15, 0.2) is 0 Å². The molecule has 0 unspecified atom stereocenters. The summed E-state index contributed by atoms with van der Waals surface area (Å²) < 4.78 is 9.01. The average Bonchev–Trinajstić information content (AvgIpc) is 2.27. The van der Waals surface area contributed by atoms with Gasteiger partial charge in [0.25, 0.3) is 0 Å². The van der Waals surface area contributed by atoms with Crippen LogP contribution < -0.4 is 5.73 Å². The Morgan fingerprint density at radius 2 is 1.25 bits per heavy atom. The highest BCUT2D eigenvalue weighted by Gasteiger charge is 2.24. The average molecular weight is 316 g/mol. The Balaban J connectivity index is -0.000000312. The molecule has 0 aliphatic carbocycles. The van der Waals surface area contributed by atoms with Crippen molar-refractivity contribution < 1.29 is 38.9 Å². The van der Waals surface area contributed by atoms with Gasteiger partial charge in [0.2, 0.25) is 6.04 Å². The topological polar surface area (TPSA) is 153 Å². The minimum atomic E-state index is -1.31. The first-order valence-electron chi connectivity index (χ1n) is 5.28. The molecule has 0 aromatic rings. The fourth-order valence-electron chi connectivity index (χ4n) is 0.690. The van der Waals surface area contributed by atoms with Crippen molar-refractivity contribution in [2.75, 3.05) is 13.2 Å². The molecule has 10 heteroatoms. The summed E-state index contributed by atoms with van der Waals surface area (Å²) in [5, 5.41) is 15.4. The Morgan fingerprint density at radius 3 is 1.40 bits per heavy atom. The summed E-state index contributed by atoms with van der Waals surface area (Å²) in [6.45, 7) is 3.67. The van der Waals surface area contributed by atoms with Gasteiger partial charge in [0, 0.05) is 0 Å². The molecule has 0 amide bonds. The van der Waals surface area contributed by atoms with E-state index in [1.54, 1.807) is 13.8 Å². The molecule has 0 spiro atoms. The van der Waals surface area contributed by atoms with Gasteiger partial charge in [-0.1, -0.05) is 0 Å². The molecule has 0 saturated carbocycles. The van der Waals surface area contributed by atoms with Gasteiger partial charge in [-0.2, -0.15) is 0 Å². The standard InChI is InChI=1S/C7H13NO4.C3H4O4.ClH/c1-3-11-6(9)5(8)7(10)12-4-2;4-2(5)1-3(6)7;/h5H,3-4,8H2,1-2H3;1H2,(H,4,5)(H,6,7);1H. The lowest BCUT2D eigenvalue weighted by atomic mass is 10.3. The highest BCUT2D eigenvalue weighted by molar-refractivity contribution is 5.98. The van der Waals surface area contributed by atoms with E-state index in [0.29, 0.717) is 0 Å². The normalized spacial score (nSPS) is 8.60. The lowest BCUT2D eigenvalue weighted by molar-refractivity contribution is -0.156. The van der Waals surface area contributed by atoms with Crippen LogP contribution in [0.25, 0.3) is 0 Å². The number of hydrogen-bond donors (Lipinski definition) is 3. The molecule has 0 atom stereocenters. The first-order valence-corrected chi connectivity index (χ1v) is 5.28. The molecule has 9 nitrogen and oxygen atoms in total. The molecule has 4 N–H and O–H groups in total. The van der Waals surface area contributed by atoms with E-state index < -0.39 is 36.3 Å². The number of carbonyl (C=O) groups is 4. The van der Waals surface area contributed by atoms with Gasteiger partial charge in [-0.3, -0.25) is 9.59 Å². The third-order valence-corrected chi connectivity index (χ3v) is 1.38. The van der Waals surface area contributed by atoms with Crippen LogP contribution in [0.4, 0.5) is 0 Å². The van der Waals surface area contributed by atoms with E-state index in [9.17, 15) is 19.2 Å². The first-order chi connectivity index (χ1) is 8.76. The number of carbonyl (C=O) groups excluding carboxylic acids is 2. The summed E-state index contributed by atoms with van der Waals surface area (Å²) in [5.74, 6) is -4.13. The number of aliphatic carboxylic acids is 2. The molecular formula is C10H18ClNO8. The minimum absolute atomic E-state index is 0. The number of halogens is 1. The van der Waals surface area contributed by atoms with Gasteiger partial charge in [-0.05, 0) is 13.8 Å². The van der Waals surface area contributed by atoms with E-state index in [2.05, 4.69) is 9.47 Å². The number of carboxylic acid groups (broad SMARTS) is 2. The summed E-state index contributed by atoms with van der Waals surface area (Å²) >= 11 is 0. The first kappa shape index (κ1) is 23.2. The maximum atomic E-state index is 10.8. The summed E-state index contributed by atoms with van der Waals surface area (Å²) in [5.41, 5.74) is 5.18. The van der Waals surface area contributed by atoms with Crippen molar-refractivity contribution in [1.29, 1.82) is 0 Å². The lowest BCUT2D eigenvalue weighted by Crippen LogP contribution is -2.41. The zero-order valence-electron chi connectivity index (χ0n) is 11.0. The fraction of sp³-hybridized carbons (Fsp3) is 0.600. The van der Waals surface area contributed by atoms with Crippen molar-refractivity contribution in [3.8, 4) is 0 Å². The fourth-order valence-corrected chi connectivity index (χ4v) is 0.690. The predicted octanol–water partition coefficient (Wildman–Crippen LogP) is -0.593. The summed E-state index contributed by atoms with van der Waals surface area (Å²) in [7, 11) is 0. The molecule has 20 heavy (non-hydrogen) atoms. The molecule has 0 aliphatic rings. The highest BCUT2D eigenvalue weighted by Crippen LogP contribution is 1.89. The Kier molecular flexibility index (Phi) is 15.8. The van der Waals surface area contributed by atoms with Crippen molar-refractivity contribution >= 4 is 36.3 Å². The van der Waals surface area contributed by atoms with Gasteiger partial charge >= 0.3 is 23.9 Å². The van der Waals surface area contributed by atoms with Crippen molar-refractivity contribution in [1.82, 2.24) is 0 Å². The van der Waals surface area contributed by atoms with Crippen LogP contribution in [0.2, 0.25) is 0 Å². The third-order valence-electron chi connectivity index (χ3n) is 1.38. The van der Waals surface area contributed by atoms with E-state index in [4.69, 9.17) is 15.9 Å². The minimum Gasteiger partial charge on any atom is -0.481 e. The molecule has 0 saturated heterocycles. The summed E-state index contributed by atoms with van der Waals surface area (Å²) in [6, 6.07) is -1.31. The predicted molar refractivity (Wildman–Crippen MR) is 68.4 cm³/mol. The molecule has 0 heterocycles. The van der Waals surface area contributed by atoms with Gasteiger partial charge in [-0.25, -0.2) is 9.59 Å². The molecule has 0 radical (unpaired) electrons.